The van der Waals surface area contributed by atoms with Crippen molar-refractivity contribution in [3.05, 3.63) is 58.7 Å². The van der Waals surface area contributed by atoms with Crippen molar-refractivity contribution in [2.45, 2.75) is 32.8 Å². The third-order valence-electron chi connectivity index (χ3n) is 3.77. The summed E-state index contributed by atoms with van der Waals surface area (Å²) in [7, 11) is 0. The van der Waals surface area contributed by atoms with Gasteiger partial charge in [0.1, 0.15) is 5.60 Å². The SMILES string of the molecule is CC(C)(C)OC(=O)c1ccc2c(c1)Cc1ccc(C(=O)O)cc1-2. The van der Waals surface area contributed by atoms with E-state index >= 15 is 0 Å². The zero-order valence-electron chi connectivity index (χ0n) is 13.3. The van der Waals surface area contributed by atoms with E-state index in [1.165, 1.54) is 0 Å². The van der Waals surface area contributed by atoms with Crippen molar-refractivity contribution in [2.75, 3.05) is 0 Å². The van der Waals surface area contributed by atoms with Gasteiger partial charge < -0.3 is 9.84 Å². The Kier molecular flexibility index (Phi) is 3.48. The van der Waals surface area contributed by atoms with Gasteiger partial charge in [0, 0.05) is 0 Å². The number of fused-ring (bicyclic) bond motifs is 3. The summed E-state index contributed by atoms with van der Waals surface area (Å²) in [5.74, 6) is -1.28. The normalized spacial score (nSPS) is 12.5. The minimum Gasteiger partial charge on any atom is -0.478 e. The largest absolute Gasteiger partial charge is 0.478 e. The van der Waals surface area contributed by atoms with Crippen LogP contribution in [0.15, 0.2) is 36.4 Å². The quantitative estimate of drug-likeness (QED) is 0.729. The Labute approximate surface area is 134 Å². The number of carboxylic acids is 1. The Morgan fingerprint density at radius 2 is 1.65 bits per heavy atom. The molecule has 3 rings (SSSR count). The van der Waals surface area contributed by atoms with Crippen LogP contribution in [0.1, 0.15) is 52.6 Å². The molecule has 0 unspecified atom stereocenters. The van der Waals surface area contributed by atoms with Crippen LogP contribution in [0.25, 0.3) is 11.1 Å². The number of carbonyl (C=O) groups excluding carboxylic acids is 1. The number of carboxylic acid groups (broad SMARTS) is 1. The smallest absolute Gasteiger partial charge is 0.338 e. The van der Waals surface area contributed by atoms with Gasteiger partial charge in [-0.15, -0.1) is 0 Å². The van der Waals surface area contributed by atoms with E-state index in [2.05, 4.69) is 0 Å². The number of benzene rings is 2. The standard InChI is InChI=1S/C19H18O4/c1-19(2,3)23-18(22)13-6-7-15-14(9-13)8-11-4-5-12(17(20)21)10-16(11)15/h4-7,9-10H,8H2,1-3H3,(H,20,21). The second kappa shape index (κ2) is 5.23. The molecule has 0 aromatic heterocycles. The molecule has 0 fully saturated rings. The molecule has 0 atom stereocenters. The Bertz CT molecular complexity index is 813. The van der Waals surface area contributed by atoms with Crippen LogP contribution < -0.4 is 0 Å². The van der Waals surface area contributed by atoms with E-state index in [0.29, 0.717) is 12.0 Å². The van der Waals surface area contributed by atoms with E-state index < -0.39 is 11.6 Å². The maximum absolute atomic E-state index is 12.2. The minimum absolute atomic E-state index is 0.271. The number of rotatable bonds is 2. The highest BCUT2D eigenvalue weighted by Crippen LogP contribution is 2.37. The highest BCUT2D eigenvalue weighted by molar-refractivity contribution is 5.94. The van der Waals surface area contributed by atoms with Gasteiger partial charge in [-0.05, 0) is 73.7 Å². The van der Waals surface area contributed by atoms with Gasteiger partial charge in [-0.2, -0.15) is 0 Å². The highest BCUT2D eigenvalue weighted by Gasteiger charge is 2.23. The number of esters is 1. The predicted octanol–water partition coefficient (Wildman–Crippen LogP) is 3.91. The number of carbonyl (C=O) groups is 2. The molecule has 0 bridgehead atoms. The first-order valence-electron chi connectivity index (χ1n) is 7.47. The summed E-state index contributed by atoms with van der Waals surface area (Å²) in [5.41, 5.74) is 4.26. The van der Waals surface area contributed by atoms with E-state index in [9.17, 15) is 9.59 Å². The molecule has 2 aromatic rings. The first-order chi connectivity index (χ1) is 10.7. The van der Waals surface area contributed by atoms with Gasteiger partial charge in [-0.3, -0.25) is 0 Å². The highest BCUT2D eigenvalue weighted by atomic mass is 16.6. The molecule has 4 heteroatoms. The average Bonchev–Trinajstić information content (AvgIpc) is 2.81. The van der Waals surface area contributed by atoms with Crippen molar-refractivity contribution in [2.24, 2.45) is 0 Å². The topological polar surface area (TPSA) is 63.6 Å². The average molecular weight is 310 g/mol. The van der Waals surface area contributed by atoms with E-state index in [0.717, 1.165) is 22.3 Å². The van der Waals surface area contributed by atoms with Gasteiger partial charge in [0.25, 0.3) is 0 Å². The number of hydrogen-bond donors (Lipinski definition) is 1. The van der Waals surface area contributed by atoms with Crippen LogP contribution in [0, 0.1) is 0 Å². The summed E-state index contributed by atoms with van der Waals surface area (Å²) in [6.45, 7) is 5.50. The molecule has 0 saturated heterocycles. The van der Waals surface area contributed by atoms with Crippen LogP contribution in [0.5, 0.6) is 0 Å². The summed E-state index contributed by atoms with van der Waals surface area (Å²) < 4.78 is 5.39. The first-order valence-corrected chi connectivity index (χ1v) is 7.47. The van der Waals surface area contributed by atoms with Gasteiger partial charge in [0.05, 0.1) is 11.1 Å². The van der Waals surface area contributed by atoms with Gasteiger partial charge in [-0.1, -0.05) is 12.1 Å². The van der Waals surface area contributed by atoms with Crippen LogP contribution in [-0.2, 0) is 11.2 Å². The molecule has 0 spiro atoms. The third-order valence-corrected chi connectivity index (χ3v) is 3.77. The lowest BCUT2D eigenvalue weighted by Gasteiger charge is -2.19. The fourth-order valence-electron chi connectivity index (χ4n) is 2.79. The molecule has 4 nitrogen and oxygen atoms in total. The minimum atomic E-state index is -0.938. The molecule has 23 heavy (non-hydrogen) atoms. The van der Waals surface area contributed by atoms with E-state index in [4.69, 9.17) is 9.84 Å². The molecule has 0 saturated carbocycles. The molecule has 0 amide bonds. The van der Waals surface area contributed by atoms with Crippen LogP contribution in [-0.4, -0.2) is 22.6 Å². The first kappa shape index (κ1) is 15.3. The Morgan fingerprint density at radius 1 is 0.957 bits per heavy atom. The molecular weight excluding hydrogens is 292 g/mol. The number of ether oxygens (including phenoxy) is 1. The summed E-state index contributed by atoms with van der Waals surface area (Å²) in [6.07, 6.45) is 0.696. The van der Waals surface area contributed by atoms with E-state index in [-0.39, 0.29) is 11.5 Å². The third kappa shape index (κ3) is 2.97. The molecule has 1 N–H and O–H groups in total. The second-order valence-electron chi connectivity index (χ2n) is 6.73. The molecule has 0 heterocycles. The van der Waals surface area contributed by atoms with Crippen molar-refractivity contribution < 1.29 is 19.4 Å². The maximum atomic E-state index is 12.2. The second-order valence-corrected chi connectivity index (χ2v) is 6.73. The lowest BCUT2D eigenvalue weighted by Crippen LogP contribution is -2.23. The van der Waals surface area contributed by atoms with Crippen molar-refractivity contribution in [3.8, 4) is 11.1 Å². The molecule has 0 radical (unpaired) electrons. The Hall–Kier alpha value is -2.62. The fraction of sp³-hybridized carbons (Fsp3) is 0.263. The number of aromatic carboxylic acids is 1. The maximum Gasteiger partial charge on any atom is 0.338 e. The van der Waals surface area contributed by atoms with Crippen LogP contribution in [0.4, 0.5) is 0 Å². The van der Waals surface area contributed by atoms with Gasteiger partial charge in [0.2, 0.25) is 0 Å². The van der Waals surface area contributed by atoms with Gasteiger partial charge in [-0.25, -0.2) is 9.59 Å². The lowest BCUT2D eigenvalue weighted by molar-refractivity contribution is 0.00692. The van der Waals surface area contributed by atoms with Crippen molar-refractivity contribution in [3.63, 3.8) is 0 Å². The monoisotopic (exact) mass is 310 g/mol. The molecule has 1 aliphatic rings. The number of hydrogen-bond acceptors (Lipinski definition) is 3. The summed E-state index contributed by atoms with van der Waals surface area (Å²) >= 11 is 0. The lowest BCUT2D eigenvalue weighted by atomic mass is 10.0. The summed E-state index contributed by atoms with van der Waals surface area (Å²) in [5, 5.41) is 9.13. The Morgan fingerprint density at radius 3 is 2.30 bits per heavy atom. The van der Waals surface area contributed by atoms with Crippen molar-refractivity contribution >= 4 is 11.9 Å². The van der Waals surface area contributed by atoms with Gasteiger partial charge in [0.15, 0.2) is 0 Å². The molecule has 118 valence electrons. The van der Waals surface area contributed by atoms with E-state index in [1.807, 2.05) is 39.0 Å². The predicted molar refractivity (Wildman–Crippen MR) is 86.8 cm³/mol. The van der Waals surface area contributed by atoms with E-state index in [1.54, 1.807) is 18.2 Å². The summed E-state index contributed by atoms with van der Waals surface area (Å²) in [4.78, 5) is 23.3. The fourth-order valence-corrected chi connectivity index (χ4v) is 2.79. The molecule has 0 aliphatic heterocycles. The zero-order chi connectivity index (χ0) is 16.8. The molecule has 2 aromatic carbocycles. The van der Waals surface area contributed by atoms with Crippen molar-refractivity contribution in [1.82, 2.24) is 0 Å². The van der Waals surface area contributed by atoms with Crippen LogP contribution >= 0.6 is 0 Å². The van der Waals surface area contributed by atoms with Crippen LogP contribution in [0.3, 0.4) is 0 Å². The van der Waals surface area contributed by atoms with Crippen LogP contribution in [0.2, 0.25) is 0 Å². The Balaban J connectivity index is 1.96. The molecule has 1 aliphatic carbocycles. The van der Waals surface area contributed by atoms with Gasteiger partial charge >= 0.3 is 11.9 Å². The summed E-state index contributed by atoms with van der Waals surface area (Å²) in [6, 6.07) is 10.6. The zero-order valence-corrected chi connectivity index (χ0v) is 13.3. The van der Waals surface area contributed by atoms with Crippen molar-refractivity contribution in [1.29, 1.82) is 0 Å². The molecular formula is C19H18O4.